The molecule has 1 aromatic carbocycles. The minimum atomic E-state index is -0.500. The van der Waals surface area contributed by atoms with Crippen molar-refractivity contribution in [2.45, 2.75) is 11.8 Å². The van der Waals surface area contributed by atoms with Gasteiger partial charge in [-0.3, -0.25) is 4.79 Å². The number of benzene rings is 1. The molecule has 0 fully saturated rings. The van der Waals surface area contributed by atoms with E-state index in [4.69, 9.17) is 21.1 Å². The van der Waals surface area contributed by atoms with Gasteiger partial charge in [0.15, 0.2) is 11.6 Å². The second-order valence-corrected chi connectivity index (χ2v) is 4.56. The van der Waals surface area contributed by atoms with Crippen LogP contribution in [-0.4, -0.2) is 38.7 Å². The van der Waals surface area contributed by atoms with E-state index in [1.807, 2.05) is 0 Å². The fraction of sp³-hybridized carbons (Fsp3) is 0.462. The fourth-order valence-corrected chi connectivity index (χ4v) is 1.74. The molecular weight excluding hydrogens is 273 g/mol. The van der Waals surface area contributed by atoms with Gasteiger partial charge >= 0.3 is 0 Å². The molecule has 1 atom stereocenters. The molecule has 0 saturated heterocycles. The lowest BCUT2D eigenvalue weighted by Gasteiger charge is -2.10. The number of amides is 1. The van der Waals surface area contributed by atoms with E-state index in [-0.39, 0.29) is 17.0 Å². The van der Waals surface area contributed by atoms with Gasteiger partial charge in [-0.15, -0.1) is 11.6 Å². The summed E-state index contributed by atoms with van der Waals surface area (Å²) in [5.74, 6) is -0.748. The smallest absolute Gasteiger partial charge is 0.251 e. The molecule has 6 heteroatoms. The molecule has 106 valence electrons. The average Bonchev–Trinajstić information content (AvgIpc) is 2.39. The Morgan fingerprint density at radius 1 is 1.47 bits per heavy atom. The molecule has 0 aliphatic carbocycles. The first-order valence-corrected chi connectivity index (χ1v) is 6.27. The summed E-state index contributed by atoms with van der Waals surface area (Å²) in [6.07, 6.45) is 0.597. The van der Waals surface area contributed by atoms with Crippen LogP contribution in [0.15, 0.2) is 18.2 Å². The van der Waals surface area contributed by atoms with Gasteiger partial charge in [-0.1, -0.05) is 0 Å². The van der Waals surface area contributed by atoms with Gasteiger partial charge in [0.2, 0.25) is 0 Å². The van der Waals surface area contributed by atoms with Crippen LogP contribution in [0, 0.1) is 5.82 Å². The van der Waals surface area contributed by atoms with Crippen molar-refractivity contribution in [3.8, 4) is 5.75 Å². The first kappa shape index (κ1) is 15.7. The van der Waals surface area contributed by atoms with Crippen LogP contribution >= 0.6 is 11.6 Å². The van der Waals surface area contributed by atoms with E-state index in [1.165, 1.54) is 25.3 Å². The Morgan fingerprint density at radius 3 is 2.84 bits per heavy atom. The van der Waals surface area contributed by atoms with E-state index < -0.39 is 5.82 Å². The lowest BCUT2D eigenvalue weighted by atomic mass is 10.2. The lowest BCUT2D eigenvalue weighted by Crippen LogP contribution is -2.27. The SMILES string of the molecule is COCC(Cl)CCNC(=O)c1ccc(F)c(OC)c1. The summed E-state index contributed by atoms with van der Waals surface area (Å²) in [6.45, 7) is 0.859. The number of alkyl halides is 1. The highest BCUT2D eigenvalue weighted by molar-refractivity contribution is 6.20. The topological polar surface area (TPSA) is 47.6 Å². The number of halogens is 2. The van der Waals surface area contributed by atoms with E-state index in [1.54, 1.807) is 7.11 Å². The second-order valence-electron chi connectivity index (χ2n) is 3.95. The summed E-state index contributed by atoms with van der Waals surface area (Å²) in [5, 5.41) is 2.56. The molecule has 0 aliphatic rings. The van der Waals surface area contributed by atoms with Crippen molar-refractivity contribution < 1.29 is 18.7 Å². The quantitative estimate of drug-likeness (QED) is 0.783. The Hall–Kier alpha value is -1.33. The first-order valence-electron chi connectivity index (χ1n) is 5.83. The van der Waals surface area contributed by atoms with Gasteiger partial charge in [0.1, 0.15) is 0 Å². The minimum Gasteiger partial charge on any atom is -0.494 e. The number of nitrogens with one attached hydrogen (secondary N) is 1. The summed E-state index contributed by atoms with van der Waals surface area (Å²) < 4.78 is 22.9. The van der Waals surface area contributed by atoms with Crippen LogP contribution in [0.4, 0.5) is 4.39 Å². The zero-order valence-electron chi connectivity index (χ0n) is 10.9. The molecule has 0 heterocycles. The van der Waals surface area contributed by atoms with Crippen LogP contribution < -0.4 is 10.1 Å². The van der Waals surface area contributed by atoms with Crippen molar-refractivity contribution >= 4 is 17.5 Å². The largest absolute Gasteiger partial charge is 0.494 e. The first-order chi connectivity index (χ1) is 9.08. The molecule has 1 aromatic rings. The Balaban J connectivity index is 2.49. The van der Waals surface area contributed by atoms with Gasteiger partial charge in [0, 0.05) is 19.2 Å². The normalized spacial score (nSPS) is 12.0. The maximum absolute atomic E-state index is 13.2. The Morgan fingerprint density at radius 2 is 2.21 bits per heavy atom. The fourth-order valence-electron chi connectivity index (χ4n) is 1.51. The second kappa shape index (κ2) is 7.96. The van der Waals surface area contributed by atoms with Crippen LogP contribution in [-0.2, 0) is 4.74 Å². The monoisotopic (exact) mass is 289 g/mol. The number of methoxy groups -OCH3 is 2. The molecule has 1 rings (SSSR count). The Kier molecular flexibility index (Phi) is 6.59. The molecule has 1 unspecified atom stereocenters. The Bertz CT molecular complexity index is 428. The molecule has 0 saturated carbocycles. The third kappa shape index (κ3) is 5.04. The van der Waals surface area contributed by atoms with E-state index in [2.05, 4.69) is 5.32 Å². The highest BCUT2D eigenvalue weighted by Gasteiger charge is 2.10. The zero-order chi connectivity index (χ0) is 14.3. The van der Waals surface area contributed by atoms with Crippen LogP contribution in [0.2, 0.25) is 0 Å². The number of carbonyl (C=O) groups is 1. The molecule has 0 aromatic heterocycles. The maximum atomic E-state index is 13.2. The van der Waals surface area contributed by atoms with Crippen LogP contribution in [0.5, 0.6) is 5.75 Å². The van der Waals surface area contributed by atoms with E-state index in [0.717, 1.165) is 0 Å². The molecule has 4 nitrogen and oxygen atoms in total. The number of hydrogen-bond acceptors (Lipinski definition) is 3. The predicted molar refractivity (Wildman–Crippen MR) is 71.4 cm³/mol. The van der Waals surface area contributed by atoms with Crippen LogP contribution in [0.25, 0.3) is 0 Å². The molecule has 0 radical (unpaired) electrons. The molecule has 0 aliphatic heterocycles. The number of rotatable bonds is 7. The van der Waals surface area contributed by atoms with Crippen molar-refractivity contribution in [1.29, 1.82) is 0 Å². The third-order valence-corrected chi connectivity index (χ3v) is 2.85. The average molecular weight is 290 g/mol. The third-order valence-electron chi connectivity index (χ3n) is 2.50. The summed E-state index contributed by atoms with van der Waals surface area (Å²) in [6, 6.07) is 3.96. The van der Waals surface area contributed by atoms with Crippen molar-refractivity contribution in [1.82, 2.24) is 5.32 Å². The summed E-state index contributed by atoms with van der Waals surface area (Å²) in [4.78, 5) is 11.8. The zero-order valence-corrected chi connectivity index (χ0v) is 11.7. The highest BCUT2D eigenvalue weighted by atomic mass is 35.5. The van der Waals surface area contributed by atoms with E-state index in [9.17, 15) is 9.18 Å². The summed E-state index contributed by atoms with van der Waals surface area (Å²) in [7, 11) is 2.92. The molecular formula is C13H17ClFNO3. The van der Waals surface area contributed by atoms with Gasteiger partial charge in [-0.05, 0) is 24.6 Å². The van der Waals surface area contributed by atoms with Crippen molar-refractivity contribution in [2.75, 3.05) is 27.4 Å². The number of ether oxygens (including phenoxy) is 2. The predicted octanol–water partition coefficient (Wildman–Crippen LogP) is 2.21. The van der Waals surface area contributed by atoms with Gasteiger partial charge in [0.05, 0.1) is 19.1 Å². The van der Waals surface area contributed by atoms with Crippen molar-refractivity contribution in [3.05, 3.63) is 29.6 Å². The van der Waals surface area contributed by atoms with Crippen LogP contribution in [0.3, 0.4) is 0 Å². The molecule has 19 heavy (non-hydrogen) atoms. The van der Waals surface area contributed by atoms with E-state index >= 15 is 0 Å². The number of carbonyl (C=O) groups excluding carboxylic acids is 1. The maximum Gasteiger partial charge on any atom is 0.251 e. The highest BCUT2D eigenvalue weighted by Crippen LogP contribution is 2.18. The van der Waals surface area contributed by atoms with Gasteiger partial charge in [-0.2, -0.15) is 0 Å². The standard InChI is InChI=1S/C13H17ClFNO3/c1-18-8-10(14)5-6-16-13(17)9-3-4-11(15)12(7-9)19-2/h3-4,7,10H,5-6,8H2,1-2H3,(H,16,17). The molecule has 0 bridgehead atoms. The van der Waals surface area contributed by atoms with Gasteiger partial charge in [0.25, 0.3) is 5.91 Å². The molecule has 1 N–H and O–H groups in total. The molecule has 1 amide bonds. The Labute approximate surface area is 116 Å². The summed E-state index contributed by atoms with van der Waals surface area (Å²) in [5.41, 5.74) is 0.344. The van der Waals surface area contributed by atoms with Crippen molar-refractivity contribution in [3.63, 3.8) is 0 Å². The lowest BCUT2D eigenvalue weighted by molar-refractivity contribution is 0.0951. The number of hydrogen-bond donors (Lipinski definition) is 1. The minimum absolute atomic E-state index is 0.0438. The van der Waals surface area contributed by atoms with Gasteiger partial charge in [-0.25, -0.2) is 4.39 Å². The van der Waals surface area contributed by atoms with E-state index in [0.29, 0.717) is 25.1 Å². The van der Waals surface area contributed by atoms with Crippen LogP contribution in [0.1, 0.15) is 16.8 Å². The van der Waals surface area contributed by atoms with Crippen molar-refractivity contribution in [2.24, 2.45) is 0 Å². The molecule has 0 spiro atoms. The van der Waals surface area contributed by atoms with Gasteiger partial charge < -0.3 is 14.8 Å². The summed E-state index contributed by atoms with van der Waals surface area (Å²) >= 11 is 5.93.